The van der Waals surface area contributed by atoms with E-state index in [-0.39, 0.29) is 11.7 Å². The topological polar surface area (TPSA) is 77.0 Å². The first-order valence-corrected chi connectivity index (χ1v) is 10.3. The zero-order valence-corrected chi connectivity index (χ0v) is 17.0. The maximum absolute atomic E-state index is 12.2. The summed E-state index contributed by atoms with van der Waals surface area (Å²) in [4.78, 5) is 25.3. The molecule has 2 heterocycles. The van der Waals surface area contributed by atoms with E-state index in [1.807, 2.05) is 56.5 Å². The summed E-state index contributed by atoms with van der Waals surface area (Å²) in [6.45, 7) is 6.42. The highest BCUT2D eigenvalue weighted by molar-refractivity contribution is 7.99. The summed E-state index contributed by atoms with van der Waals surface area (Å²) < 4.78 is 5.45. The quantitative estimate of drug-likeness (QED) is 0.469. The lowest BCUT2D eigenvalue weighted by molar-refractivity contribution is -0.113. The third kappa shape index (κ3) is 5.51. The van der Waals surface area contributed by atoms with Crippen molar-refractivity contribution in [3.63, 3.8) is 0 Å². The fourth-order valence-corrected chi connectivity index (χ4v) is 3.88. The standard InChI is InChI=1S/C19H20N4O2S2/c1-4-25-15-7-5-14(6-8-15)16-10-26-19(22-16)23-17(24)11-27-18-20-12(2)9-13(3)21-18/h5-10H,4,11H2,1-3H3,(H,22,23,24). The molecule has 0 saturated carbocycles. The summed E-state index contributed by atoms with van der Waals surface area (Å²) in [6.07, 6.45) is 0. The van der Waals surface area contributed by atoms with Crippen molar-refractivity contribution in [3.05, 3.63) is 47.1 Å². The molecule has 0 bridgehead atoms. The Morgan fingerprint density at radius 2 is 1.85 bits per heavy atom. The van der Waals surface area contributed by atoms with Gasteiger partial charge in [-0.2, -0.15) is 0 Å². The second kappa shape index (κ2) is 8.96. The summed E-state index contributed by atoms with van der Waals surface area (Å²) in [6, 6.07) is 9.65. The molecule has 2 aromatic heterocycles. The van der Waals surface area contributed by atoms with Gasteiger partial charge in [-0.25, -0.2) is 15.0 Å². The number of aryl methyl sites for hydroxylation is 2. The van der Waals surface area contributed by atoms with Crippen molar-refractivity contribution in [1.29, 1.82) is 0 Å². The number of amides is 1. The first-order valence-electron chi connectivity index (χ1n) is 8.47. The Morgan fingerprint density at radius 3 is 2.52 bits per heavy atom. The molecule has 140 valence electrons. The Kier molecular flexibility index (Phi) is 6.41. The number of nitrogens with one attached hydrogen (secondary N) is 1. The lowest BCUT2D eigenvalue weighted by Crippen LogP contribution is -2.14. The summed E-state index contributed by atoms with van der Waals surface area (Å²) in [7, 11) is 0. The van der Waals surface area contributed by atoms with Gasteiger partial charge in [0, 0.05) is 22.3 Å². The van der Waals surface area contributed by atoms with Crippen LogP contribution in [0.5, 0.6) is 5.75 Å². The van der Waals surface area contributed by atoms with Crippen LogP contribution >= 0.6 is 23.1 Å². The number of benzene rings is 1. The number of hydrogen-bond donors (Lipinski definition) is 1. The Labute approximate surface area is 166 Å². The average molecular weight is 401 g/mol. The molecule has 0 aliphatic heterocycles. The monoisotopic (exact) mass is 400 g/mol. The molecule has 0 aliphatic carbocycles. The molecule has 1 N–H and O–H groups in total. The predicted octanol–water partition coefficient (Wildman–Crippen LogP) is 4.35. The van der Waals surface area contributed by atoms with Gasteiger partial charge in [-0.3, -0.25) is 4.79 Å². The lowest BCUT2D eigenvalue weighted by atomic mass is 10.2. The summed E-state index contributed by atoms with van der Waals surface area (Å²) in [5.41, 5.74) is 3.59. The molecule has 3 rings (SSSR count). The number of thioether (sulfide) groups is 1. The SMILES string of the molecule is CCOc1ccc(-c2csc(NC(=O)CSc3nc(C)cc(C)n3)n2)cc1. The van der Waals surface area contributed by atoms with Gasteiger partial charge in [0.25, 0.3) is 0 Å². The molecule has 0 fully saturated rings. The van der Waals surface area contributed by atoms with Gasteiger partial charge in [0.2, 0.25) is 5.91 Å². The number of ether oxygens (including phenoxy) is 1. The van der Waals surface area contributed by atoms with Crippen LogP contribution in [0.2, 0.25) is 0 Å². The minimum absolute atomic E-state index is 0.129. The number of carbonyl (C=O) groups excluding carboxylic acids is 1. The number of hydrogen-bond acceptors (Lipinski definition) is 7. The second-order valence-electron chi connectivity index (χ2n) is 5.77. The Balaban J connectivity index is 1.57. The van der Waals surface area contributed by atoms with Crippen LogP contribution < -0.4 is 10.1 Å². The van der Waals surface area contributed by atoms with Crippen LogP contribution in [0.25, 0.3) is 11.3 Å². The number of anilines is 1. The van der Waals surface area contributed by atoms with E-state index < -0.39 is 0 Å². The van der Waals surface area contributed by atoms with Gasteiger partial charge < -0.3 is 10.1 Å². The van der Waals surface area contributed by atoms with Crippen LogP contribution in [0.3, 0.4) is 0 Å². The van der Waals surface area contributed by atoms with Gasteiger partial charge in [0.15, 0.2) is 10.3 Å². The van der Waals surface area contributed by atoms with Crippen LogP contribution in [0, 0.1) is 13.8 Å². The van der Waals surface area contributed by atoms with Crippen LogP contribution in [-0.4, -0.2) is 33.2 Å². The third-order valence-corrected chi connectivity index (χ3v) is 5.11. The van der Waals surface area contributed by atoms with Crippen LogP contribution in [0.1, 0.15) is 18.3 Å². The predicted molar refractivity (Wildman–Crippen MR) is 110 cm³/mol. The molecular formula is C19H20N4O2S2. The van der Waals surface area contributed by atoms with E-state index in [1.165, 1.54) is 23.1 Å². The largest absolute Gasteiger partial charge is 0.494 e. The number of thiazole rings is 1. The molecule has 1 amide bonds. The van der Waals surface area contributed by atoms with Crippen molar-refractivity contribution >= 4 is 34.1 Å². The van der Waals surface area contributed by atoms with Gasteiger partial charge in [0.1, 0.15) is 5.75 Å². The number of carbonyl (C=O) groups is 1. The molecule has 0 saturated heterocycles. The smallest absolute Gasteiger partial charge is 0.236 e. The van der Waals surface area contributed by atoms with E-state index in [0.29, 0.717) is 16.9 Å². The van der Waals surface area contributed by atoms with Crippen LogP contribution in [0.15, 0.2) is 40.9 Å². The normalized spacial score (nSPS) is 10.6. The van der Waals surface area contributed by atoms with E-state index in [0.717, 1.165) is 28.4 Å². The van der Waals surface area contributed by atoms with Gasteiger partial charge in [-0.1, -0.05) is 11.8 Å². The molecule has 0 radical (unpaired) electrons. The second-order valence-corrected chi connectivity index (χ2v) is 7.57. The van der Waals surface area contributed by atoms with Crippen molar-refractivity contribution in [1.82, 2.24) is 15.0 Å². The zero-order valence-electron chi connectivity index (χ0n) is 15.4. The average Bonchev–Trinajstić information content (AvgIpc) is 3.08. The van der Waals surface area contributed by atoms with Crippen LogP contribution in [-0.2, 0) is 4.79 Å². The molecule has 0 atom stereocenters. The summed E-state index contributed by atoms with van der Waals surface area (Å²) >= 11 is 2.71. The van der Waals surface area contributed by atoms with Gasteiger partial charge in [0.05, 0.1) is 18.1 Å². The first kappa shape index (κ1) is 19.3. The van der Waals surface area contributed by atoms with Crippen molar-refractivity contribution in [2.75, 3.05) is 17.7 Å². The lowest BCUT2D eigenvalue weighted by Gasteiger charge is -2.04. The van der Waals surface area contributed by atoms with E-state index >= 15 is 0 Å². The molecule has 0 aliphatic rings. The van der Waals surface area contributed by atoms with Crippen molar-refractivity contribution < 1.29 is 9.53 Å². The number of aromatic nitrogens is 3. The van der Waals surface area contributed by atoms with Crippen molar-refractivity contribution in [3.8, 4) is 17.0 Å². The molecule has 27 heavy (non-hydrogen) atoms. The maximum atomic E-state index is 12.2. The van der Waals surface area contributed by atoms with Crippen LogP contribution in [0.4, 0.5) is 5.13 Å². The highest BCUT2D eigenvalue weighted by Gasteiger charge is 2.10. The van der Waals surface area contributed by atoms with Crippen molar-refractivity contribution in [2.45, 2.75) is 25.9 Å². The molecule has 0 spiro atoms. The molecule has 6 nitrogen and oxygen atoms in total. The fourth-order valence-electron chi connectivity index (χ4n) is 2.40. The molecule has 8 heteroatoms. The number of rotatable bonds is 7. The fraction of sp³-hybridized carbons (Fsp3) is 0.263. The molecule has 1 aromatic carbocycles. The Morgan fingerprint density at radius 1 is 1.15 bits per heavy atom. The Hall–Kier alpha value is -2.45. The highest BCUT2D eigenvalue weighted by atomic mass is 32.2. The minimum atomic E-state index is -0.129. The number of nitrogens with zero attached hydrogens (tertiary/aromatic N) is 3. The van der Waals surface area contributed by atoms with E-state index in [1.54, 1.807) is 0 Å². The third-order valence-electron chi connectivity index (χ3n) is 3.51. The summed E-state index contributed by atoms with van der Waals surface area (Å²) in [5, 5.41) is 5.94. The summed E-state index contributed by atoms with van der Waals surface area (Å²) in [5.74, 6) is 0.937. The zero-order chi connectivity index (χ0) is 19.2. The Bertz CT molecular complexity index is 905. The van der Waals surface area contributed by atoms with Gasteiger partial charge in [-0.15, -0.1) is 11.3 Å². The van der Waals surface area contributed by atoms with Gasteiger partial charge in [-0.05, 0) is 51.1 Å². The van der Waals surface area contributed by atoms with E-state index in [9.17, 15) is 4.79 Å². The van der Waals surface area contributed by atoms with Crippen molar-refractivity contribution in [2.24, 2.45) is 0 Å². The first-order chi connectivity index (χ1) is 13.0. The minimum Gasteiger partial charge on any atom is -0.494 e. The van der Waals surface area contributed by atoms with Gasteiger partial charge >= 0.3 is 0 Å². The molecule has 0 unspecified atom stereocenters. The maximum Gasteiger partial charge on any atom is 0.236 e. The highest BCUT2D eigenvalue weighted by Crippen LogP contribution is 2.26. The molecule has 3 aromatic rings. The van der Waals surface area contributed by atoms with E-state index in [4.69, 9.17) is 4.74 Å². The van der Waals surface area contributed by atoms with E-state index in [2.05, 4.69) is 20.3 Å². The molecular weight excluding hydrogens is 380 g/mol.